The fraction of sp³-hybridized carbons (Fsp3) is 0.444. The number of amides is 2. The average Bonchev–Trinajstić information content (AvgIpc) is 2.79. The van der Waals surface area contributed by atoms with E-state index in [1.165, 1.54) is 10.5 Å². The molecule has 2 aromatic carbocycles. The molecule has 0 aromatic heterocycles. The van der Waals surface area contributed by atoms with Crippen LogP contribution in [0.3, 0.4) is 0 Å². The number of piperidine rings is 1. The van der Waals surface area contributed by atoms with Crippen molar-refractivity contribution >= 4 is 23.3 Å². The number of benzene rings is 2. The Bertz CT molecular complexity index is 957. The van der Waals surface area contributed by atoms with Crippen molar-refractivity contribution in [2.45, 2.75) is 33.1 Å². The van der Waals surface area contributed by atoms with Crippen LogP contribution in [0.2, 0.25) is 0 Å². The normalized spacial score (nSPS) is 14.8. The highest BCUT2D eigenvalue weighted by molar-refractivity contribution is 5.98. The van der Waals surface area contributed by atoms with Crippen molar-refractivity contribution in [1.29, 1.82) is 0 Å². The Morgan fingerprint density at radius 3 is 2.06 bits per heavy atom. The maximum atomic E-state index is 12.9. The molecule has 33 heavy (non-hydrogen) atoms. The highest BCUT2D eigenvalue weighted by Gasteiger charge is 2.26. The van der Waals surface area contributed by atoms with Gasteiger partial charge >= 0.3 is 0 Å². The van der Waals surface area contributed by atoms with Gasteiger partial charge in [0.15, 0.2) is 5.78 Å². The van der Waals surface area contributed by atoms with Crippen molar-refractivity contribution in [3.63, 3.8) is 0 Å². The van der Waals surface area contributed by atoms with Crippen molar-refractivity contribution in [3.8, 4) is 0 Å². The minimum atomic E-state index is -0.0906. The van der Waals surface area contributed by atoms with Crippen LogP contribution in [0, 0.1) is 11.8 Å². The summed E-state index contributed by atoms with van der Waals surface area (Å²) in [6.07, 6.45) is 2.55. The van der Waals surface area contributed by atoms with E-state index < -0.39 is 0 Å². The van der Waals surface area contributed by atoms with Crippen LogP contribution in [-0.4, -0.2) is 61.1 Å². The van der Waals surface area contributed by atoms with Gasteiger partial charge in [-0.05, 0) is 68.1 Å². The van der Waals surface area contributed by atoms with Crippen molar-refractivity contribution in [2.75, 3.05) is 39.0 Å². The Balaban J connectivity index is 1.45. The lowest BCUT2D eigenvalue weighted by atomic mass is 9.88. The van der Waals surface area contributed by atoms with Gasteiger partial charge in [-0.25, -0.2) is 0 Å². The van der Waals surface area contributed by atoms with Crippen molar-refractivity contribution in [1.82, 2.24) is 9.80 Å². The zero-order valence-corrected chi connectivity index (χ0v) is 20.1. The Labute approximate surface area is 197 Å². The summed E-state index contributed by atoms with van der Waals surface area (Å²) in [5.74, 6) is 0.660. The smallest absolute Gasteiger partial charge is 0.253 e. The Hall–Kier alpha value is -2.99. The first-order valence-corrected chi connectivity index (χ1v) is 11.7. The maximum Gasteiger partial charge on any atom is 0.253 e. The van der Waals surface area contributed by atoms with Gasteiger partial charge in [0.25, 0.3) is 5.91 Å². The van der Waals surface area contributed by atoms with Crippen molar-refractivity contribution in [2.24, 2.45) is 11.8 Å². The lowest BCUT2D eigenvalue weighted by Gasteiger charge is -2.30. The topological polar surface area (TPSA) is 69.7 Å². The molecule has 0 unspecified atom stereocenters. The third-order valence-electron chi connectivity index (χ3n) is 6.03. The first-order valence-electron chi connectivity index (χ1n) is 11.7. The standard InChI is InChI=1S/C27H35N3O3/c1-19(2)17-20-5-7-21(8-6-20)26(32)22-13-15-30(16-14-22)18-25(31)28-24-11-9-23(10-12-24)27(33)29(3)4/h5-12,19,22H,13-18H2,1-4H3,(H,28,31). The molecule has 1 aliphatic heterocycles. The minimum Gasteiger partial charge on any atom is -0.345 e. The van der Waals surface area contributed by atoms with E-state index in [-0.39, 0.29) is 23.5 Å². The van der Waals surface area contributed by atoms with Gasteiger partial charge in [-0.3, -0.25) is 19.3 Å². The van der Waals surface area contributed by atoms with Gasteiger partial charge in [-0.1, -0.05) is 38.1 Å². The molecule has 0 spiro atoms. The predicted molar refractivity (Wildman–Crippen MR) is 132 cm³/mol. The van der Waals surface area contributed by atoms with E-state index in [1.54, 1.807) is 38.4 Å². The second-order valence-electron chi connectivity index (χ2n) is 9.53. The van der Waals surface area contributed by atoms with Gasteiger partial charge in [0.1, 0.15) is 0 Å². The van der Waals surface area contributed by atoms with Crippen LogP contribution in [0.4, 0.5) is 5.69 Å². The second-order valence-corrected chi connectivity index (χ2v) is 9.53. The number of nitrogens with one attached hydrogen (secondary N) is 1. The summed E-state index contributed by atoms with van der Waals surface area (Å²) in [6, 6.07) is 15.0. The van der Waals surface area contributed by atoms with E-state index in [9.17, 15) is 14.4 Å². The molecule has 2 amide bonds. The summed E-state index contributed by atoms with van der Waals surface area (Å²) in [7, 11) is 3.41. The monoisotopic (exact) mass is 449 g/mol. The second kappa shape index (κ2) is 11.2. The molecule has 6 nitrogen and oxygen atoms in total. The number of ketones is 1. The first kappa shape index (κ1) is 24.6. The van der Waals surface area contributed by atoms with Gasteiger partial charge in [0.2, 0.25) is 5.91 Å². The van der Waals surface area contributed by atoms with Gasteiger partial charge in [-0.15, -0.1) is 0 Å². The lowest BCUT2D eigenvalue weighted by molar-refractivity contribution is -0.117. The van der Waals surface area contributed by atoms with E-state index in [2.05, 4.69) is 36.2 Å². The maximum absolute atomic E-state index is 12.9. The Morgan fingerprint density at radius 2 is 1.52 bits per heavy atom. The summed E-state index contributed by atoms with van der Waals surface area (Å²) in [5.41, 5.74) is 3.30. The van der Waals surface area contributed by atoms with Gasteiger partial charge in [0.05, 0.1) is 6.54 Å². The summed E-state index contributed by atoms with van der Waals surface area (Å²) in [4.78, 5) is 40.9. The molecule has 1 heterocycles. The number of likely N-dealkylation sites (tertiary alicyclic amines) is 1. The lowest BCUT2D eigenvalue weighted by Crippen LogP contribution is -2.40. The third-order valence-corrected chi connectivity index (χ3v) is 6.03. The third kappa shape index (κ3) is 6.99. The van der Waals surface area contributed by atoms with Crippen molar-refractivity contribution < 1.29 is 14.4 Å². The molecule has 0 atom stereocenters. The van der Waals surface area contributed by atoms with Gasteiger partial charge in [-0.2, -0.15) is 0 Å². The highest BCUT2D eigenvalue weighted by atomic mass is 16.2. The minimum absolute atomic E-state index is 0.0158. The molecular weight excluding hydrogens is 414 g/mol. The van der Waals surface area contributed by atoms with Crippen LogP contribution in [0.15, 0.2) is 48.5 Å². The summed E-state index contributed by atoms with van der Waals surface area (Å²) in [5, 5.41) is 2.89. The van der Waals surface area contributed by atoms with Crippen LogP contribution in [0.5, 0.6) is 0 Å². The number of anilines is 1. The van der Waals surface area contributed by atoms with E-state index in [4.69, 9.17) is 0 Å². The van der Waals surface area contributed by atoms with E-state index in [1.807, 2.05) is 12.1 Å². The largest absolute Gasteiger partial charge is 0.345 e. The summed E-state index contributed by atoms with van der Waals surface area (Å²) < 4.78 is 0. The summed E-state index contributed by atoms with van der Waals surface area (Å²) in [6.45, 7) is 6.13. The number of carbonyl (C=O) groups excluding carboxylic acids is 3. The fourth-order valence-corrected chi connectivity index (χ4v) is 4.22. The number of Topliss-reactive ketones (excluding diaryl/α,β-unsaturated/α-hetero) is 1. The number of rotatable bonds is 8. The number of carbonyl (C=O) groups is 3. The molecule has 0 bridgehead atoms. The molecule has 2 aromatic rings. The number of nitrogens with zero attached hydrogens (tertiary/aromatic N) is 2. The van der Waals surface area contributed by atoms with Crippen molar-refractivity contribution in [3.05, 3.63) is 65.2 Å². The fourth-order valence-electron chi connectivity index (χ4n) is 4.22. The van der Waals surface area contributed by atoms with Crippen LogP contribution >= 0.6 is 0 Å². The molecule has 0 saturated carbocycles. The summed E-state index contributed by atoms with van der Waals surface area (Å²) >= 11 is 0. The predicted octanol–water partition coefficient (Wildman–Crippen LogP) is 4.12. The molecule has 1 fully saturated rings. The highest BCUT2D eigenvalue weighted by Crippen LogP contribution is 2.22. The van der Waals surface area contributed by atoms with Crippen LogP contribution in [-0.2, 0) is 11.2 Å². The van der Waals surface area contributed by atoms with Crippen LogP contribution in [0.1, 0.15) is 53.0 Å². The molecule has 176 valence electrons. The first-order chi connectivity index (χ1) is 15.7. The molecule has 3 rings (SSSR count). The molecule has 1 N–H and O–H groups in total. The van der Waals surface area contributed by atoms with E-state index in [0.29, 0.717) is 23.7 Å². The quantitative estimate of drug-likeness (QED) is 0.616. The van der Waals surface area contributed by atoms with E-state index in [0.717, 1.165) is 37.9 Å². The molecule has 1 aliphatic rings. The molecular formula is C27H35N3O3. The van der Waals surface area contributed by atoms with Gasteiger partial charge < -0.3 is 10.2 Å². The van der Waals surface area contributed by atoms with Gasteiger partial charge in [0, 0.05) is 36.8 Å². The molecule has 0 radical (unpaired) electrons. The SMILES string of the molecule is CC(C)Cc1ccc(C(=O)C2CCN(CC(=O)Nc3ccc(C(=O)N(C)C)cc3)CC2)cc1. The van der Waals surface area contributed by atoms with Crippen LogP contribution < -0.4 is 5.32 Å². The number of hydrogen-bond acceptors (Lipinski definition) is 4. The Morgan fingerprint density at radius 1 is 0.939 bits per heavy atom. The van der Waals surface area contributed by atoms with Crippen LogP contribution in [0.25, 0.3) is 0 Å². The number of hydrogen-bond donors (Lipinski definition) is 1. The zero-order valence-electron chi connectivity index (χ0n) is 20.1. The van der Waals surface area contributed by atoms with E-state index >= 15 is 0 Å². The Kier molecular flexibility index (Phi) is 8.39. The molecule has 0 aliphatic carbocycles. The molecule has 1 saturated heterocycles. The average molecular weight is 450 g/mol. The molecule has 6 heteroatoms. The zero-order chi connectivity index (χ0) is 24.0.